The van der Waals surface area contributed by atoms with Crippen LogP contribution in [0.2, 0.25) is 10.0 Å². The summed E-state index contributed by atoms with van der Waals surface area (Å²) >= 11 is 14.4. The second-order valence-corrected chi connectivity index (χ2v) is 33.5. The van der Waals surface area contributed by atoms with Crippen molar-refractivity contribution in [3.05, 3.63) is 117 Å². The zero-order valence-corrected chi connectivity index (χ0v) is 69.6. The van der Waals surface area contributed by atoms with Crippen molar-refractivity contribution in [1.29, 1.82) is 0 Å². The fourth-order valence-corrected chi connectivity index (χ4v) is 17.7. The summed E-state index contributed by atoms with van der Waals surface area (Å²) in [7, 11) is 1.47. The maximum Gasteiger partial charge on any atom is 0.412 e. The number of ether oxygens (including phenoxy) is 6. The lowest BCUT2D eigenvalue weighted by Gasteiger charge is -2.54. The van der Waals surface area contributed by atoms with Crippen molar-refractivity contribution in [3.8, 4) is 57.1 Å². The highest BCUT2D eigenvalue weighted by molar-refractivity contribution is 6.32. The second kappa shape index (κ2) is 40.1. The number of carbonyl (C=O) groups is 11. The Bertz CT molecular complexity index is 4740. The Morgan fingerprint density at radius 3 is 1.78 bits per heavy atom. The monoisotopic (exact) mass is 1730 g/mol. The molecule has 658 valence electrons. The van der Waals surface area contributed by atoms with Crippen LogP contribution in [0.3, 0.4) is 0 Å². The van der Waals surface area contributed by atoms with Crippen molar-refractivity contribution in [2.45, 2.75) is 222 Å². The molecule has 5 aromatic carbocycles. The highest BCUT2D eigenvalue weighted by Gasteiger charge is 2.51. The number of aliphatic hydroxyl groups excluding tert-OH is 5. The quantitative estimate of drug-likeness (QED) is 0.0307. The number of fused-ring (bicyclic) bond motifs is 15. The summed E-state index contributed by atoms with van der Waals surface area (Å²) in [6, 6.07) is 0.0461. The van der Waals surface area contributed by atoms with Gasteiger partial charge >= 0.3 is 12.2 Å². The number of nitrogens with one attached hydrogen (secondary N) is 11. The first kappa shape index (κ1) is 90.6. The Balaban J connectivity index is 1.05. The number of alkyl carbamates (subject to hydrolysis) is 1. The van der Waals surface area contributed by atoms with Crippen molar-refractivity contribution in [2.75, 3.05) is 26.7 Å². The molecule has 0 spiro atoms. The molecule has 1 saturated heterocycles. The number of hydrogen-bond acceptors (Lipinski definition) is 25. The van der Waals surface area contributed by atoms with Gasteiger partial charge in [0, 0.05) is 43.2 Å². The number of amides is 11. The number of phenols is 2. The van der Waals surface area contributed by atoms with Crippen LogP contribution in [0.4, 0.5) is 9.59 Å². The second-order valence-electron chi connectivity index (χ2n) is 32.7. The average molecular weight is 1740 g/mol. The van der Waals surface area contributed by atoms with Gasteiger partial charge in [-0.15, -0.1) is 0 Å². The maximum absolute atomic E-state index is 16.5. The summed E-state index contributed by atoms with van der Waals surface area (Å²) in [6.45, 7) is 8.29. The number of halogens is 2. The number of likely N-dealkylation sites (N-methyl/N-ethyl adjacent to an activating group) is 1. The first-order chi connectivity index (χ1) is 58.3. The van der Waals surface area contributed by atoms with Crippen molar-refractivity contribution in [1.82, 2.24) is 58.5 Å². The molecule has 18 N–H and O–H groups in total. The summed E-state index contributed by atoms with van der Waals surface area (Å²) in [4.78, 5) is 163. The van der Waals surface area contributed by atoms with E-state index >= 15 is 28.8 Å². The van der Waals surface area contributed by atoms with Crippen molar-refractivity contribution in [3.63, 3.8) is 0 Å². The fraction of sp³-hybridized carbons (Fsp3) is 0.518. The number of phenolic OH excluding ortho intramolecular Hbond substituents is 2. The normalized spacial score (nSPS) is 26.9. The molecule has 0 aromatic heterocycles. The molecule has 11 amide bonds. The minimum atomic E-state index is -2.39. The number of aromatic hydroxyl groups is 2. The van der Waals surface area contributed by atoms with Gasteiger partial charge in [-0.1, -0.05) is 108 Å². The number of hydrogen-bond donors (Lipinski definition) is 18. The summed E-state index contributed by atoms with van der Waals surface area (Å²) in [5.74, 6) is -14.4. The number of carbonyl (C=O) groups excluding carboxylic acids is 11. The van der Waals surface area contributed by atoms with Gasteiger partial charge in [0.15, 0.2) is 11.5 Å². The van der Waals surface area contributed by atoms with E-state index in [9.17, 15) is 59.7 Å². The van der Waals surface area contributed by atoms with Gasteiger partial charge in [0.1, 0.15) is 108 Å². The van der Waals surface area contributed by atoms with E-state index in [1.54, 1.807) is 0 Å². The third-order valence-electron chi connectivity index (χ3n) is 23.2. The Morgan fingerprint density at radius 2 is 1.18 bits per heavy atom. The lowest BCUT2D eigenvalue weighted by Crippen LogP contribution is -2.60. The van der Waals surface area contributed by atoms with Crippen LogP contribution in [0.5, 0.6) is 46.0 Å². The number of imide groups is 1. The molecule has 0 unspecified atom stereocenters. The van der Waals surface area contributed by atoms with E-state index in [2.05, 4.69) is 53.2 Å². The van der Waals surface area contributed by atoms with E-state index in [1.807, 2.05) is 33.0 Å². The van der Waals surface area contributed by atoms with Gasteiger partial charge in [-0.3, -0.25) is 48.5 Å². The minimum absolute atomic E-state index is 0.0324. The summed E-state index contributed by atoms with van der Waals surface area (Å²) in [6.07, 6.45) is -6.62. The molecule has 6 aliphatic heterocycles. The molecular weight excluding hydrogens is 1630 g/mol. The van der Waals surface area contributed by atoms with Gasteiger partial charge in [-0.05, 0) is 170 Å². The maximum atomic E-state index is 16.5. The van der Waals surface area contributed by atoms with Crippen LogP contribution in [0.25, 0.3) is 11.1 Å². The van der Waals surface area contributed by atoms with E-state index in [0.717, 1.165) is 126 Å². The third kappa shape index (κ3) is 21.3. The van der Waals surface area contributed by atoms with Crippen LogP contribution >= 0.6 is 23.2 Å². The standard InChI is InChI=1S/C85H105Cl2N11O24/c1-7-9-11-13-21-89-84(115)117-37-61-72(105)73(106)74(107)83(121-61)122-75-59-32-47-33-60(75)120-58-20-17-44(31-52(58)87)71(104)69-82(114)96-67(80(112)93-64-45-25-40-24-41(27-45)28-46(64)26-40)50-34-48(118-85(116)90-22-14-12-10-8-2)35-56(101)63(50)49-29-42(15-18-55(49)100)65(78(110)98-69)95-79(111)66(47)94-77(109)54(36-62(102)91-39(5)99)92-81(113)68(97-76(108)53(88-6)23-38(3)4)70(103)43-16-19-57(119-59)51(86)30-43/h15-20,29-35,38,40-41,45-46,53-54,61,64-74,83,88,100-101,103-107H,7-14,21-28,36-37H2,1-6H3,(H,89,115)(H,90,116)(H,92,113)(H,93,112)(H,94,109)(H,95,111)(H,96,114)(H,97,108)(H,98,110)(H,91,99,102)/t40?,41?,45?,46?,53-,54+,61-,64?,65-,66-,67+,68-,69+,70-,71-,72-,73+,74-,83+/m1/s1. The van der Waals surface area contributed by atoms with Crippen LogP contribution in [-0.4, -0.2) is 189 Å². The van der Waals surface area contributed by atoms with Gasteiger partial charge < -0.3 is 117 Å². The molecule has 5 aromatic rings. The molecular formula is C85H105Cl2N11O24. The van der Waals surface area contributed by atoms with E-state index in [-0.39, 0.29) is 92.9 Å². The smallest absolute Gasteiger partial charge is 0.412 e. The highest BCUT2D eigenvalue weighted by Crippen LogP contribution is 2.55. The summed E-state index contributed by atoms with van der Waals surface area (Å²) in [5.41, 5.74) is -2.29. The first-order valence-electron chi connectivity index (χ1n) is 41.3. The predicted octanol–water partition coefficient (Wildman–Crippen LogP) is 6.18. The van der Waals surface area contributed by atoms with Crippen LogP contribution in [0.15, 0.2) is 78.9 Å². The zero-order chi connectivity index (χ0) is 87.7. The van der Waals surface area contributed by atoms with Crippen molar-refractivity contribution in [2.24, 2.45) is 29.6 Å². The van der Waals surface area contributed by atoms with Gasteiger partial charge in [0.05, 0.1) is 22.5 Å². The number of rotatable bonds is 24. The summed E-state index contributed by atoms with van der Waals surface area (Å²) < 4.78 is 37.2. The molecule has 4 saturated carbocycles. The van der Waals surface area contributed by atoms with Gasteiger partial charge in [-0.25, -0.2) is 9.59 Å². The van der Waals surface area contributed by atoms with Crippen LogP contribution in [0, 0.1) is 29.6 Å². The molecule has 6 heterocycles. The minimum Gasteiger partial charge on any atom is -0.507 e. The zero-order valence-electron chi connectivity index (χ0n) is 68.1. The highest BCUT2D eigenvalue weighted by atomic mass is 35.5. The lowest BCUT2D eigenvalue weighted by molar-refractivity contribution is -0.277. The van der Waals surface area contributed by atoms with E-state index < -0.39 is 209 Å². The average Bonchev–Trinajstić information content (AvgIpc) is 0.759. The largest absolute Gasteiger partial charge is 0.507 e. The molecule has 4 aliphatic carbocycles. The molecule has 14 atom stereocenters. The van der Waals surface area contributed by atoms with Gasteiger partial charge in [-0.2, -0.15) is 0 Å². The molecule has 122 heavy (non-hydrogen) atoms. The SMILES string of the molecule is CCCCCCNC(=O)OC[C@H]1O[C@@H](Oc2c3cc4cc2Oc2ccc(cc2Cl)[C@@H](O)[C@@H](NC(=O)[C@@H](CC(C)C)NC)C(=O)N[C@@H](CC(=O)NC(C)=O)C(=O)N[C@H]4C(=O)N[C@H]2C(=O)N[C@H](C(=O)N[C@H](C(=O)NC4C5CC6CC(C5)CC4C6)c4cc(OC(=O)NCCCCCC)cc(O)c4-c4cc2ccc4O)[C@H](O)c2ccc(c(Cl)c2)O3)[C@H](O)[C@@H](O)[C@@H]1O. The Kier molecular flexibility index (Phi) is 29.8. The van der Waals surface area contributed by atoms with Crippen molar-refractivity contribution < 1.29 is 117 Å². The molecule has 37 heteroatoms. The van der Waals surface area contributed by atoms with E-state index in [1.165, 1.54) is 37.4 Å². The molecule has 10 aliphatic rings. The number of benzene rings is 5. The van der Waals surface area contributed by atoms with E-state index in [0.29, 0.717) is 24.7 Å². The third-order valence-corrected chi connectivity index (χ3v) is 23.8. The molecule has 0 radical (unpaired) electrons. The number of aliphatic hydroxyl groups is 5. The molecule has 15 bridgehead atoms. The van der Waals surface area contributed by atoms with Gasteiger partial charge in [0.25, 0.3) is 0 Å². The topological polar surface area (TPSA) is 517 Å². The predicted molar refractivity (Wildman–Crippen MR) is 437 cm³/mol. The van der Waals surface area contributed by atoms with Crippen LogP contribution in [-0.2, 0) is 52.6 Å². The summed E-state index contributed by atoms with van der Waals surface area (Å²) in [5, 5.41) is 113. The Labute approximate surface area is 712 Å². The number of unbranched alkanes of at least 4 members (excludes halogenated alkanes) is 6. The lowest BCUT2D eigenvalue weighted by atomic mass is 9.54. The Hall–Kier alpha value is -10.6. The molecule has 5 fully saturated rings. The van der Waals surface area contributed by atoms with Crippen molar-refractivity contribution >= 4 is 88.6 Å². The Morgan fingerprint density at radius 1 is 0.590 bits per heavy atom. The fourth-order valence-electron chi connectivity index (χ4n) is 17.3. The van der Waals surface area contributed by atoms with Crippen LogP contribution < -0.4 is 77.4 Å². The van der Waals surface area contributed by atoms with E-state index in [4.69, 9.17) is 51.6 Å². The van der Waals surface area contributed by atoms with Gasteiger partial charge in [0.2, 0.25) is 65.2 Å². The molecule has 35 nitrogen and oxygen atoms in total. The molecule has 15 rings (SSSR count). The van der Waals surface area contributed by atoms with Crippen LogP contribution in [0.1, 0.15) is 189 Å². The first-order valence-corrected chi connectivity index (χ1v) is 42.1.